The summed E-state index contributed by atoms with van der Waals surface area (Å²) in [6.07, 6.45) is 0. The summed E-state index contributed by atoms with van der Waals surface area (Å²) in [6.45, 7) is 0.378. The summed E-state index contributed by atoms with van der Waals surface area (Å²) in [7, 11) is 0.0451. The van der Waals surface area contributed by atoms with Gasteiger partial charge in [-0.2, -0.15) is 0 Å². The zero-order chi connectivity index (χ0) is 12.0. The number of sulfone groups is 1. The quantitative estimate of drug-likeness (QED) is 0.799. The van der Waals surface area contributed by atoms with Crippen LogP contribution >= 0.6 is 0 Å². The van der Waals surface area contributed by atoms with Gasteiger partial charge in [-0.25, -0.2) is 8.42 Å². The van der Waals surface area contributed by atoms with Crippen LogP contribution in [0, 0.1) is 0 Å². The Morgan fingerprint density at radius 3 is 2.44 bits per heavy atom. The fourth-order valence-corrected chi connectivity index (χ4v) is 2.96. The fourth-order valence-electron chi connectivity index (χ4n) is 1.40. The molecule has 0 saturated heterocycles. The van der Waals surface area contributed by atoms with Gasteiger partial charge in [0.1, 0.15) is 0 Å². The van der Waals surface area contributed by atoms with Gasteiger partial charge in [0.15, 0.2) is 9.84 Å². The second-order valence-corrected chi connectivity index (χ2v) is 5.57. The van der Waals surface area contributed by atoms with Crippen molar-refractivity contribution in [3.63, 3.8) is 0 Å². The predicted octanol–water partition coefficient (Wildman–Crippen LogP) is 0.695. The van der Waals surface area contributed by atoms with Crippen LogP contribution in [0.4, 0.5) is 0 Å². The minimum atomic E-state index is -3.24. The molecule has 0 aliphatic rings. The molecule has 1 N–H and O–H groups in total. The van der Waals surface area contributed by atoms with E-state index in [9.17, 15) is 8.42 Å². The van der Waals surface area contributed by atoms with Gasteiger partial charge >= 0.3 is 0 Å². The van der Waals surface area contributed by atoms with Crippen molar-refractivity contribution in [1.29, 1.82) is 0 Å². The van der Waals surface area contributed by atoms with Gasteiger partial charge in [0, 0.05) is 13.2 Å². The SMILES string of the molecule is CNC(COC)CS(=O)(=O)c1ccccc1. The maximum atomic E-state index is 12.0. The Kier molecular flexibility index (Phi) is 4.92. The molecule has 0 aliphatic heterocycles. The summed E-state index contributed by atoms with van der Waals surface area (Å²) >= 11 is 0. The number of methoxy groups -OCH3 is 1. The minimum Gasteiger partial charge on any atom is -0.383 e. The highest BCUT2D eigenvalue weighted by Gasteiger charge is 2.19. The van der Waals surface area contributed by atoms with Crippen molar-refractivity contribution >= 4 is 9.84 Å². The van der Waals surface area contributed by atoms with Crippen LogP contribution in [0.1, 0.15) is 0 Å². The maximum Gasteiger partial charge on any atom is 0.179 e. The topological polar surface area (TPSA) is 55.4 Å². The molecule has 5 heteroatoms. The van der Waals surface area contributed by atoms with Crippen molar-refractivity contribution in [3.8, 4) is 0 Å². The third-order valence-corrected chi connectivity index (χ3v) is 4.13. The van der Waals surface area contributed by atoms with E-state index in [1.54, 1.807) is 44.5 Å². The molecule has 90 valence electrons. The predicted molar refractivity (Wildman–Crippen MR) is 63.2 cm³/mol. The lowest BCUT2D eigenvalue weighted by Crippen LogP contribution is -2.36. The first-order valence-corrected chi connectivity index (χ1v) is 6.69. The summed E-state index contributed by atoms with van der Waals surface area (Å²) in [5.41, 5.74) is 0. The molecule has 0 saturated carbocycles. The van der Waals surface area contributed by atoms with E-state index < -0.39 is 9.84 Å². The summed E-state index contributed by atoms with van der Waals surface area (Å²) in [5, 5.41) is 2.92. The lowest BCUT2D eigenvalue weighted by Gasteiger charge is -2.15. The Morgan fingerprint density at radius 2 is 1.94 bits per heavy atom. The zero-order valence-electron chi connectivity index (χ0n) is 9.51. The van der Waals surface area contributed by atoms with E-state index >= 15 is 0 Å². The molecule has 1 aromatic rings. The Labute approximate surface area is 96.5 Å². The molecule has 1 aromatic carbocycles. The number of rotatable bonds is 6. The number of ether oxygens (including phenoxy) is 1. The highest BCUT2D eigenvalue weighted by molar-refractivity contribution is 7.91. The van der Waals surface area contributed by atoms with Gasteiger partial charge in [-0.1, -0.05) is 18.2 Å². The smallest absolute Gasteiger partial charge is 0.179 e. The Hall–Kier alpha value is -0.910. The summed E-state index contributed by atoms with van der Waals surface area (Å²) in [5.74, 6) is 0.0430. The third kappa shape index (κ3) is 3.59. The first kappa shape index (κ1) is 13.2. The number of likely N-dealkylation sites (N-methyl/N-ethyl adjacent to an activating group) is 1. The molecule has 0 aromatic heterocycles. The van der Waals surface area contributed by atoms with Gasteiger partial charge < -0.3 is 10.1 Å². The Bertz CT molecular complexity index is 402. The van der Waals surface area contributed by atoms with Crippen LogP contribution in [-0.4, -0.2) is 41.0 Å². The Morgan fingerprint density at radius 1 is 1.31 bits per heavy atom. The second-order valence-electron chi connectivity index (χ2n) is 3.54. The minimum absolute atomic E-state index is 0.0430. The molecule has 0 fully saturated rings. The van der Waals surface area contributed by atoms with E-state index in [4.69, 9.17) is 4.74 Å². The number of benzene rings is 1. The van der Waals surface area contributed by atoms with E-state index in [0.29, 0.717) is 11.5 Å². The van der Waals surface area contributed by atoms with Crippen LogP contribution in [0.15, 0.2) is 35.2 Å². The van der Waals surface area contributed by atoms with Gasteiger partial charge in [-0.3, -0.25) is 0 Å². The van der Waals surface area contributed by atoms with Crippen LogP contribution in [0.25, 0.3) is 0 Å². The zero-order valence-corrected chi connectivity index (χ0v) is 10.3. The van der Waals surface area contributed by atoms with E-state index in [1.807, 2.05) is 0 Å². The Balaban J connectivity index is 2.79. The lowest BCUT2D eigenvalue weighted by atomic mass is 10.4. The molecule has 0 aliphatic carbocycles. The molecule has 1 unspecified atom stereocenters. The van der Waals surface area contributed by atoms with E-state index in [0.717, 1.165) is 0 Å². The van der Waals surface area contributed by atoms with Gasteiger partial charge in [0.2, 0.25) is 0 Å². The first-order chi connectivity index (χ1) is 7.60. The summed E-state index contributed by atoms with van der Waals surface area (Å²) in [6, 6.07) is 8.26. The van der Waals surface area contributed by atoms with Crippen molar-refractivity contribution in [2.75, 3.05) is 26.5 Å². The molecule has 0 spiro atoms. The largest absolute Gasteiger partial charge is 0.383 e. The van der Waals surface area contributed by atoms with Crippen molar-refractivity contribution in [2.45, 2.75) is 10.9 Å². The van der Waals surface area contributed by atoms with Gasteiger partial charge in [0.25, 0.3) is 0 Å². The van der Waals surface area contributed by atoms with Gasteiger partial charge in [0.05, 0.1) is 17.3 Å². The number of nitrogens with one attached hydrogen (secondary N) is 1. The first-order valence-electron chi connectivity index (χ1n) is 5.04. The van der Waals surface area contributed by atoms with Crippen molar-refractivity contribution in [1.82, 2.24) is 5.32 Å². The monoisotopic (exact) mass is 243 g/mol. The molecule has 0 heterocycles. The fraction of sp³-hybridized carbons (Fsp3) is 0.455. The van der Waals surface area contributed by atoms with Crippen LogP contribution in [0.3, 0.4) is 0 Å². The average molecular weight is 243 g/mol. The molecule has 0 bridgehead atoms. The number of hydrogen-bond acceptors (Lipinski definition) is 4. The van der Waals surface area contributed by atoms with Crippen LogP contribution < -0.4 is 5.32 Å². The molecular formula is C11H17NO3S. The molecular weight excluding hydrogens is 226 g/mol. The second kappa shape index (κ2) is 5.98. The van der Waals surface area contributed by atoms with Crippen LogP contribution in [-0.2, 0) is 14.6 Å². The third-order valence-electron chi connectivity index (χ3n) is 2.30. The molecule has 0 radical (unpaired) electrons. The molecule has 1 rings (SSSR count). The summed E-state index contributed by atoms with van der Waals surface area (Å²) in [4.78, 5) is 0.353. The number of hydrogen-bond donors (Lipinski definition) is 1. The molecule has 0 amide bonds. The molecule has 4 nitrogen and oxygen atoms in total. The maximum absolute atomic E-state index is 12.0. The van der Waals surface area contributed by atoms with E-state index in [1.165, 1.54) is 0 Å². The van der Waals surface area contributed by atoms with E-state index in [-0.39, 0.29) is 11.8 Å². The molecule has 1 atom stereocenters. The average Bonchev–Trinajstić information content (AvgIpc) is 2.29. The van der Waals surface area contributed by atoms with Gasteiger partial charge in [-0.15, -0.1) is 0 Å². The normalized spacial score (nSPS) is 13.6. The van der Waals surface area contributed by atoms with Crippen molar-refractivity contribution < 1.29 is 13.2 Å². The highest BCUT2D eigenvalue weighted by atomic mass is 32.2. The van der Waals surface area contributed by atoms with Crippen LogP contribution in [0.5, 0.6) is 0 Å². The van der Waals surface area contributed by atoms with Gasteiger partial charge in [-0.05, 0) is 19.2 Å². The standard InChI is InChI=1S/C11H17NO3S/c1-12-10(8-15-2)9-16(13,14)11-6-4-3-5-7-11/h3-7,10,12H,8-9H2,1-2H3. The van der Waals surface area contributed by atoms with Crippen LogP contribution in [0.2, 0.25) is 0 Å². The van der Waals surface area contributed by atoms with Crippen molar-refractivity contribution in [3.05, 3.63) is 30.3 Å². The summed E-state index contributed by atoms with van der Waals surface area (Å²) < 4.78 is 28.9. The lowest BCUT2D eigenvalue weighted by molar-refractivity contribution is 0.176. The van der Waals surface area contributed by atoms with Crippen molar-refractivity contribution in [2.24, 2.45) is 0 Å². The van der Waals surface area contributed by atoms with E-state index in [2.05, 4.69) is 5.32 Å². The highest BCUT2D eigenvalue weighted by Crippen LogP contribution is 2.11. The molecule has 16 heavy (non-hydrogen) atoms.